The number of nitrogens with two attached hydrogens (primary N) is 2. The van der Waals surface area contributed by atoms with Crippen LogP contribution in [0.1, 0.15) is 19.8 Å². The second kappa shape index (κ2) is 5.55. The zero-order valence-corrected chi connectivity index (χ0v) is 13.1. The minimum absolute atomic E-state index is 0.194. The summed E-state index contributed by atoms with van der Waals surface area (Å²) in [5, 5.41) is 0. The molecule has 2 unspecified atom stereocenters. The molecule has 0 radical (unpaired) electrons. The molecule has 1 aliphatic heterocycles. The molecule has 7 heteroatoms. The van der Waals surface area contributed by atoms with E-state index in [1.165, 1.54) is 6.07 Å². The predicted molar refractivity (Wildman–Crippen MR) is 82.7 cm³/mol. The Balaban J connectivity index is 2.34. The van der Waals surface area contributed by atoms with Crippen LogP contribution in [0.2, 0.25) is 0 Å². The van der Waals surface area contributed by atoms with Crippen molar-refractivity contribution in [2.24, 2.45) is 11.7 Å². The lowest BCUT2D eigenvalue weighted by atomic mass is 9.92. The van der Waals surface area contributed by atoms with Crippen LogP contribution in [0.3, 0.4) is 0 Å². The molecule has 6 nitrogen and oxygen atoms in total. The van der Waals surface area contributed by atoms with Gasteiger partial charge >= 0.3 is 0 Å². The minimum Gasteiger partial charge on any atom is -0.397 e. The molecule has 0 spiro atoms. The van der Waals surface area contributed by atoms with E-state index >= 15 is 0 Å². The number of amides is 1. The fourth-order valence-electron chi connectivity index (χ4n) is 2.70. The fourth-order valence-corrected chi connectivity index (χ4v) is 3.36. The summed E-state index contributed by atoms with van der Waals surface area (Å²) in [6.45, 7) is 2.57. The van der Waals surface area contributed by atoms with Gasteiger partial charge in [-0.1, -0.05) is 0 Å². The molecule has 21 heavy (non-hydrogen) atoms. The van der Waals surface area contributed by atoms with Crippen LogP contribution in [0.4, 0.5) is 11.4 Å². The predicted octanol–water partition coefficient (Wildman–Crippen LogP) is 0.763. The number of rotatable bonds is 3. The van der Waals surface area contributed by atoms with Crippen molar-refractivity contribution >= 4 is 27.1 Å². The Bertz CT molecular complexity index is 657. The molecule has 0 bridgehead atoms. The van der Waals surface area contributed by atoms with E-state index in [0.717, 1.165) is 24.8 Å². The molecular formula is C14H21N3O3S. The Morgan fingerprint density at radius 2 is 2.00 bits per heavy atom. The number of carbonyl (C=O) groups excluding carboxylic acids is 1. The average Bonchev–Trinajstić information content (AvgIpc) is 2.38. The number of sulfone groups is 1. The summed E-state index contributed by atoms with van der Waals surface area (Å²) >= 11 is 0. The van der Waals surface area contributed by atoms with Crippen LogP contribution in [0.5, 0.6) is 0 Å². The number of anilines is 2. The van der Waals surface area contributed by atoms with Gasteiger partial charge in [-0.05, 0) is 38.0 Å². The normalized spacial score (nSPS) is 23.0. The average molecular weight is 311 g/mol. The first-order valence-corrected chi connectivity index (χ1v) is 8.75. The molecule has 1 aromatic rings. The summed E-state index contributed by atoms with van der Waals surface area (Å²) in [5.41, 5.74) is 12.6. The first-order valence-electron chi connectivity index (χ1n) is 6.85. The molecule has 4 N–H and O–H groups in total. The number of hydrogen-bond acceptors (Lipinski definition) is 5. The van der Waals surface area contributed by atoms with Gasteiger partial charge in [-0.15, -0.1) is 0 Å². The molecule has 0 saturated carbocycles. The van der Waals surface area contributed by atoms with E-state index in [0.29, 0.717) is 12.2 Å². The summed E-state index contributed by atoms with van der Waals surface area (Å²) in [5.74, 6) is -0.506. The monoisotopic (exact) mass is 311 g/mol. The highest BCUT2D eigenvalue weighted by Crippen LogP contribution is 2.32. The lowest BCUT2D eigenvalue weighted by molar-refractivity contribution is -0.122. The van der Waals surface area contributed by atoms with Gasteiger partial charge in [0, 0.05) is 18.8 Å². The van der Waals surface area contributed by atoms with Gasteiger partial charge in [0.25, 0.3) is 0 Å². The molecular weight excluding hydrogens is 290 g/mol. The van der Waals surface area contributed by atoms with Crippen LogP contribution >= 0.6 is 0 Å². The lowest BCUT2D eigenvalue weighted by Gasteiger charge is -2.39. The van der Waals surface area contributed by atoms with Crippen molar-refractivity contribution in [3.63, 3.8) is 0 Å². The third-order valence-corrected chi connectivity index (χ3v) is 5.13. The zero-order valence-electron chi connectivity index (χ0n) is 12.2. The standard InChI is InChI=1S/C14H21N3O3S/c1-9-3-4-10(14(16)18)8-17(9)13-6-5-11(7-12(13)15)21(2,19)20/h5-7,9-10H,3-4,8,15H2,1-2H3,(H2,16,18). The topological polar surface area (TPSA) is 106 Å². The number of piperidine rings is 1. The van der Waals surface area contributed by atoms with Crippen LogP contribution in [0, 0.1) is 5.92 Å². The van der Waals surface area contributed by atoms with E-state index in [-0.39, 0.29) is 22.8 Å². The number of nitrogen functional groups attached to an aromatic ring is 1. The highest BCUT2D eigenvalue weighted by Gasteiger charge is 2.29. The van der Waals surface area contributed by atoms with Crippen molar-refractivity contribution in [3.8, 4) is 0 Å². The maximum Gasteiger partial charge on any atom is 0.222 e. The molecule has 1 saturated heterocycles. The molecule has 0 aliphatic carbocycles. The summed E-state index contributed by atoms with van der Waals surface area (Å²) in [7, 11) is -3.28. The Hall–Kier alpha value is -1.76. The van der Waals surface area contributed by atoms with Crippen LogP contribution in [0.15, 0.2) is 23.1 Å². The Morgan fingerprint density at radius 1 is 1.33 bits per heavy atom. The second-order valence-electron chi connectivity index (χ2n) is 5.67. The van der Waals surface area contributed by atoms with Gasteiger partial charge in [-0.2, -0.15) is 0 Å². The van der Waals surface area contributed by atoms with E-state index in [2.05, 4.69) is 6.92 Å². The van der Waals surface area contributed by atoms with Gasteiger partial charge in [0.1, 0.15) is 0 Å². The van der Waals surface area contributed by atoms with Gasteiger partial charge in [-0.3, -0.25) is 4.79 Å². The zero-order chi connectivity index (χ0) is 15.8. The Labute approximate surface area is 125 Å². The van der Waals surface area contributed by atoms with Crippen LogP contribution < -0.4 is 16.4 Å². The number of primary amides is 1. The summed E-state index contributed by atoms with van der Waals surface area (Å²) in [4.78, 5) is 13.6. The van der Waals surface area contributed by atoms with Crippen LogP contribution in [0.25, 0.3) is 0 Å². The second-order valence-corrected chi connectivity index (χ2v) is 7.69. The van der Waals surface area contributed by atoms with Gasteiger partial charge in [0.05, 0.1) is 22.2 Å². The molecule has 1 heterocycles. The quantitative estimate of drug-likeness (QED) is 0.802. The number of benzene rings is 1. The van der Waals surface area contributed by atoms with Crippen molar-refractivity contribution in [1.82, 2.24) is 0 Å². The molecule has 1 aromatic carbocycles. The molecule has 2 rings (SSSR count). The van der Waals surface area contributed by atoms with E-state index in [1.807, 2.05) is 4.90 Å². The van der Waals surface area contributed by atoms with Gasteiger partial charge in [-0.25, -0.2) is 8.42 Å². The third kappa shape index (κ3) is 3.29. The van der Waals surface area contributed by atoms with Gasteiger partial charge in [0.15, 0.2) is 9.84 Å². The van der Waals surface area contributed by atoms with Crippen molar-refractivity contribution < 1.29 is 13.2 Å². The molecule has 1 aliphatic rings. The lowest BCUT2D eigenvalue weighted by Crippen LogP contribution is -2.46. The Morgan fingerprint density at radius 3 is 2.52 bits per heavy atom. The van der Waals surface area contributed by atoms with Crippen LogP contribution in [-0.2, 0) is 14.6 Å². The van der Waals surface area contributed by atoms with Crippen LogP contribution in [-0.4, -0.2) is 33.2 Å². The van der Waals surface area contributed by atoms with E-state index in [1.54, 1.807) is 12.1 Å². The van der Waals surface area contributed by atoms with E-state index in [9.17, 15) is 13.2 Å². The summed E-state index contributed by atoms with van der Waals surface area (Å²) in [6.07, 6.45) is 2.77. The first-order chi connectivity index (χ1) is 9.70. The number of carbonyl (C=O) groups is 1. The SMILES string of the molecule is CC1CCC(C(N)=O)CN1c1ccc(S(C)(=O)=O)cc1N. The minimum atomic E-state index is -3.28. The maximum atomic E-state index is 11.5. The molecule has 0 aromatic heterocycles. The summed E-state index contributed by atoms with van der Waals surface area (Å²) < 4.78 is 23.1. The molecule has 1 fully saturated rings. The number of nitrogens with zero attached hydrogens (tertiary/aromatic N) is 1. The Kier molecular flexibility index (Phi) is 4.13. The summed E-state index contributed by atoms with van der Waals surface area (Å²) in [6, 6.07) is 4.94. The van der Waals surface area contributed by atoms with Gasteiger partial charge < -0.3 is 16.4 Å². The molecule has 116 valence electrons. The van der Waals surface area contributed by atoms with E-state index < -0.39 is 9.84 Å². The van der Waals surface area contributed by atoms with Crippen molar-refractivity contribution in [1.29, 1.82) is 0 Å². The maximum absolute atomic E-state index is 11.5. The molecule has 2 atom stereocenters. The molecule has 1 amide bonds. The third-order valence-electron chi connectivity index (χ3n) is 4.02. The van der Waals surface area contributed by atoms with Gasteiger partial charge in [0.2, 0.25) is 5.91 Å². The fraction of sp³-hybridized carbons (Fsp3) is 0.500. The highest BCUT2D eigenvalue weighted by molar-refractivity contribution is 7.90. The highest BCUT2D eigenvalue weighted by atomic mass is 32.2. The van der Waals surface area contributed by atoms with Crippen molar-refractivity contribution in [2.45, 2.75) is 30.7 Å². The van der Waals surface area contributed by atoms with Crippen molar-refractivity contribution in [3.05, 3.63) is 18.2 Å². The van der Waals surface area contributed by atoms with E-state index in [4.69, 9.17) is 11.5 Å². The smallest absolute Gasteiger partial charge is 0.222 e. The van der Waals surface area contributed by atoms with Crippen molar-refractivity contribution in [2.75, 3.05) is 23.4 Å². The largest absolute Gasteiger partial charge is 0.397 e. The number of hydrogen-bond donors (Lipinski definition) is 2. The first kappa shape index (κ1) is 15.6.